The zero-order chi connectivity index (χ0) is 40.8. The van der Waals surface area contributed by atoms with Crippen molar-refractivity contribution in [1.29, 1.82) is 0 Å². The highest BCUT2D eigenvalue weighted by Gasteiger charge is 2.39. The van der Waals surface area contributed by atoms with Crippen LogP contribution in [0.4, 0.5) is 9.59 Å². The Bertz CT molecular complexity index is 2040. The lowest BCUT2D eigenvalue weighted by molar-refractivity contribution is -0.136. The van der Waals surface area contributed by atoms with Crippen LogP contribution in [0.2, 0.25) is 0 Å². The van der Waals surface area contributed by atoms with Crippen molar-refractivity contribution in [3.63, 3.8) is 0 Å². The van der Waals surface area contributed by atoms with Crippen molar-refractivity contribution in [2.45, 2.75) is 103 Å². The fourth-order valence-electron chi connectivity index (χ4n) is 9.51. The summed E-state index contributed by atoms with van der Waals surface area (Å²) in [6, 6.07) is 7.45. The molecule has 306 valence electrons. The van der Waals surface area contributed by atoms with Crippen molar-refractivity contribution in [1.82, 2.24) is 40.4 Å². The van der Waals surface area contributed by atoms with Gasteiger partial charge in [0.05, 0.1) is 50.1 Å². The van der Waals surface area contributed by atoms with Gasteiger partial charge in [-0.05, 0) is 121 Å². The first-order chi connectivity index (χ1) is 27.9. The maximum Gasteiger partial charge on any atom is 0.407 e. The molecule has 2 aromatic carbocycles. The van der Waals surface area contributed by atoms with Gasteiger partial charge in [0, 0.05) is 24.2 Å². The molecule has 2 aliphatic carbocycles. The second kappa shape index (κ2) is 15.9. The molecule has 4 aromatic rings. The van der Waals surface area contributed by atoms with E-state index in [0.29, 0.717) is 13.1 Å². The first kappa shape index (κ1) is 39.2. The van der Waals surface area contributed by atoms with E-state index in [0.717, 1.165) is 85.5 Å². The molecule has 0 radical (unpaired) electrons. The number of imidazole rings is 2. The lowest BCUT2D eigenvalue weighted by Crippen LogP contribution is -2.51. The maximum atomic E-state index is 13.7. The number of amides is 4. The van der Waals surface area contributed by atoms with E-state index in [9.17, 15) is 19.2 Å². The fourth-order valence-corrected chi connectivity index (χ4v) is 9.51. The van der Waals surface area contributed by atoms with E-state index < -0.39 is 24.3 Å². The number of carbonyl (C=O) groups is 4. The molecule has 4 amide bonds. The zero-order valence-electron chi connectivity index (χ0n) is 34.2. The average molecular weight is 791 g/mol. The largest absolute Gasteiger partial charge is 0.453 e. The number of nitrogens with one attached hydrogen (secondary N) is 4. The van der Waals surface area contributed by atoms with Crippen molar-refractivity contribution < 1.29 is 28.7 Å². The summed E-state index contributed by atoms with van der Waals surface area (Å²) in [5.41, 5.74) is 12.1. The Morgan fingerprint density at radius 3 is 1.33 bits per heavy atom. The monoisotopic (exact) mass is 790 g/mol. The van der Waals surface area contributed by atoms with Crippen LogP contribution in [0.5, 0.6) is 0 Å². The number of carbonyl (C=O) groups excluding carboxylic acids is 4. The molecule has 0 spiro atoms. The SMILES string of the molecule is COC(=O)N[C@H](C(=O)N1CCC[C@H]1c1ncc(-c2cc3c4c(c2)CCc2cc(-c5cnc([C@@H]6CCCN6C(=O)[C@@H](NC(=O)OC)C(C)C)[nH]5)cc(c2-4)CC3)[nH]1)C(C)C. The molecule has 8 rings (SSSR count). The summed E-state index contributed by atoms with van der Waals surface area (Å²) in [7, 11) is 2.60. The Balaban J connectivity index is 1.01. The van der Waals surface area contributed by atoms with E-state index in [1.807, 2.05) is 49.9 Å². The average Bonchev–Trinajstić information content (AvgIpc) is 4.06. The molecule has 4 aliphatic rings. The molecular weight excluding hydrogens is 737 g/mol. The number of aromatic nitrogens is 4. The number of aromatic amines is 2. The lowest BCUT2D eigenvalue weighted by Gasteiger charge is -2.31. The second-order valence-electron chi connectivity index (χ2n) is 16.8. The van der Waals surface area contributed by atoms with E-state index >= 15 is 0 Å². The smallest absolute Gasteiger partial charge is 0.407 e. The van der Waals surface area contributed by atoms with Gasteiger partial charge in [-0.1, -0.05) is 27.7 Å². The van der Waals surface area contributed by atoms with Gasteiger partial charge in [-0.15, -0.1) is 0 Å². The minimum Gasteiger partial charge on any atom is -0.453 e. The number of H-pyrrole nitrogens is 2. The van der Waals surface area contributed by atoms with Gasteiger partial charge in [-0.3, -0.25) is 9.59 Å². The van der Waals surface area contributed by atoms with Crippen molar-refractivity contribution in [3.05, 3.63) is 70.6 Å². The highest BCUT2D eigenvalue weighted by atomic mass is 16.5. The number of hydrogen-bond donors (Lipinski definition) is 4. The first-order valence-corrected chi connectivity index (χ1v) is 20.7. The Labute approximate surface area is 338 Å². The van der Waals surface area contributed by atoms with E-state index in [1.54, 1.807) is 0 Å². The first-order valence-electron chi connectivity index (χ1n) is 20.7. The Morgan fingerprint density at radius 2 is 1.00 bits per heavy atom. The summed E-state index contributed by atoms with van der Waals surface area (Å²) in [6.45, 7) is 8.88. The predicted octanol–water partition coefficient (Wildman–Crippen LogP) is 6.42. The van der Waals surface area contributed by atoms with Crippen molar-refractivity contribution in [3.8, 4) is 33.6 Å². The van der Waals surface area contributed by atoms with Crippen molar-refractivity contribution in [2.24, 2.45) is 11.8 Å². The van der Waals surface area contributed by atoms with Crippen LogP contribution in [-0.4, -0.2) is 93.1 Å². The van der Waals surface area contributed by atoms with Crippen LogP contribution in [0.3, 0.4) is 0 Å². The van der Waals surface area contributed by atoms with Crippen LogP contribution < -0.4 is 10.6 Å². The summed E-state index contributed by atoms with van der Waals surface area (Å²) in [5, 5.41) is 5.45. The maximum absolute atomic E-state index is 13.7. The minimum absolute atomic E-state index is 0.0995. The summed E-state index contributed by atoms with van der Waals surface area (Å²) in [6.07, 6.45) is 9.55. The zero-order valence-corrected chi connectivity index (χ0v) is 34.2. The van der Waals surface area contributed by atoms with Crippen LogP contribution in [0, 0.1) is 11.8 Å². The molecule has 2 fully saturated rings. The quantitative estimate of drug-likeness (QED) is 0.142. The van der Waals surface area contributed by atoms with Gasteiger partial charge in [-0.2, -0.15) is 0 Å². The summed E-state index contributed by atoms with van der Waals surface area (Å²) >= 11 is 0. The number of likely N-dealkylation sites (tertiary alicyclic amines) is 2. The molecule has 2 saturated heterocycles. The van der Waals surface area contributed by atoms with Crippen LogP contribution in [0.1, 0.15) is 99.4 Å². The molecule has 14 nitrogen and oxygen atoms in total. The van der Waals surface area contributed by atoms with E-state index in [1.165, 1.54) is 47.6 Å². The Kier molecular flexibility index (Phi) is 10.8. The molecule has 0 unspecified atom stereocenters. The third kappa shape index (κ3) is 7.21. The third-order valence-electron chi connectivity index (χ3n) is 12.5. The normalized spacial score (nSPS) is 19.2. The number of rotatable bonds is 10. The molecule has 58 heavy (non-hydrogen) atoms. The molecule has 14 heteroatoms. The van der Waals surface area contributed by atoms with Crippen LogP contribution in [0.15, 0.2) is 36.7 Å². The van der Waals surface area contributed by atoms with Crippen molar-refractivity contribution in [2.75, 3.05) is 27.3 Å². The number of hydrogen-bond acceptors (Lipinski definition) is 8. The number of ether oxygens (including phenoxy) is 2. The van der Waals surface area contributed by atoms with Gasteiger partial charge in [0.1, 0.15) is 23.7 Å². The third-order valence-corrected chi connectivity index (χ3v) is 12.5. The van der Waals surface area contributed by atoms with Gasteiger partial charge in [0.15, 0.2) is 0 Å². The number of aryl methyl sites for hydroxylation is 4. The minimum atomic E-state index is -0.681. The molecule has 0 saturated carbocycles. The van der Waals surface area contributed by atoms with E-state index in [4.69, 9.17) is 19.4 Å². The van der Waals surface area contributed by atoms with E-state index in [-0.39, 0.29) is 35.7 Å². The number of alkyl carbamates (subject to hydrolysis) is 2. The predicted molar refractivity (Wildman–Crippen MR) is 218 cm³/mol. The highest BCUT2D eigenvalue weighted by molar-refractivity contribution is 5.88. The second-order valence-corrected chi connectivity index (χ2v) is 16.8. The van der Waals surface area contributed by atoms with E-state index in [2.05, 4.69) is 44.9 Å². The summed E-state index contributed by atoms with van der Waals surface area (Å²) < 4.78 is 9.59. The Hall–Kier alpha value is -5.66. The van der Waals surface area contributed by atoms with Crippen LogP contribution in [-0.2, 0) is 44.7 Å². The molecule has 4 atom stereocenters. The highest BCUT2D eigenvalue weighted by Crippen LogP contribution is 2.46. The van der Waals surface area contributed by atoms with Crippen molar-refractivity contribution >= 4 is 24.0 Å². The Morgan fingerprint density at radius 1 is 0.638 bits per heavy atom. The topological polar surface area (TPSA) is 175 Å². The molecular formula is C44H54N8O6. The van der Waals surface area contributed by atoms with Crippen LogP contribution in [0.25, 0.3) is 33.6 Å². The summed E-state index contributed by atoms with van der Waals surface area (Å²) in [5.74, 6) is 1.08. The van der Waals surface area contributed by atoms with Gasteiger partial charge in [-0.25, -0.2) is 19.6 Å². The standard InChI is InChI=1S/C44H54N8O6/c1-23(2)37(49-43(55)57-5)41(53)51-15-7-9-33(51)39-45-21-31(47-39)29-17-25-11-13-27-19-30(20-28-14-12-26(18-29)35(25)36(27)28)32-22-46-40(48-32)34-10-8-16-52(34)42(54)38(24(3)4)50-44(56)58-6/h17-24,33-34,37-38H,7-16H2,1-6H3,(H,45,47)(H,46,48)(H,49,55)(H,50,56)/t33-,34-,37-,38-/m0/s1. The van der Waals surface area contributed by atoms with Gasteiger partial charge in [0.25, 0.3) is 0 Å². The summed E-state index contributed by atoms with van der Waals surface area (Å²) in [4.78, 5) is 71.9. The molecule has 2 aliphatic heterocycles. The fraction of sp³-hybridized carbons (Fsp3) is 0.500. The molecule has 4 heterocycles. The lowest BCUT2D eigenvalue weighted by atomic mass is 9.74. The number of nitrogens with zero attached hydrogens (tertiary/aromatic N) is 4. The number of benzene rings is 2. The van der Waals surface area contributed by atoms with Gasteiger partial charge < -0.3 is 39.9 Å². The van der Waals surface area contributed by atoms with Crippen LogP contribution >= 0.6 is 0 Å². The molecule has 4 N–H and O–H groups in total. The number of methoxy groups -OCH3 is 2. The van der Waals surface area contributed by atoms with Gasteiger partial charge >= 0.3 is 12.2 Å². The molecule has 2 aromatic heterocycles. The molecule has 0 bridgehead atoms. The van der Waals surface area contributed by atoms with Gasteiger partial charge in [0.2, 0.25) is 11.8 Å².